The molecular formula is C30H39NO7. The van der Waals surface area contributed by atoms with Gasteiger partial charge in [-0.25, -0.2) is 0 Å². The van der Waals surface area contributed by atoms with E-state index in [2.05, 4.69) is 13.8 Å². The Kier molecular flexibility index (Phi) is 10.6. The number of ether oxygens (including phenoxy) is 4. The number of benzene rings is 2. The van der Waals surface area contributed by atoms with E-state index in [-0.39, 0.29) is 17.9 Å². The fraction of sp³-hybridized carbons (Fsp3) is 0.467. The number of aliphatic hydroxyl groups excluding tert-OH is 1. The largest absolute Gasteiger partial charge is 0.507 e. The molecule has 2 aromatic rings. The lowest BCUT2D eigenvalue weighted by Crippen LogP contribution is -2.31. The zero-order valence-corrected chi connectivity index (χ0v) is 23.0. The van der Waals surface area contributed by atoms with Crippen molar-refractivity contribution in [1.29, 1.82) is 0 Å². The number of carbonyl (C=O) groups excluding carboxylic acids is 2. The lowest BCUT2D eigenvalue weighted by atomic mass is 9.95. The van der Waals surface area contributed by atoms with Gasteiger partial charge in [-0.3, -0.25) is 9.59 Å². The summed E-state index contributed by atoms with van der Waals surface area (Å²) in [6, 6.07) is 11.4. The summed E-state index contributed by atoms with van der Waals surface area (Å²) in [5, 5.41) is 11.4. The topological polar surface area (TPSA) is 94.5 Å². The Balaban J connectivity index is 2.07. The van der Waals surface area contributed by atoms with Crippen LogP contribution < -0.4 is 14.2 Å². The smallest absolute Gasteiger partial charge is 0.295 e. The third-order valence-corrected chi connectivity index (χ3v) is 6.32. The number of nitrogens with zero attached hydrogens (tertiary/aromatic N) is 1. The Morgan fingerprint density at radius 3 is 2.47 bits per heavy atom. The van der Waals surface area contributed by atoms with Gasteiger partial charge in [-0.1, -0.05) is 39.0 Å². The van der Waals surface area contributed by atoms with E-state index in [0.29, 0.717) is 60.5 Å². The van der Waals surface area contributed by atoms with Crippen molar-refractivity contribution < 1.29 is 33.6 Å². The van der Waals surface area contributed by atoms with Crippen LogP contribution in [-0.4, -0.2) is 62.3 Å². The summed E-state index contributed by atoms with van der Waals surface area (Å²) in [7, 11) is 3.13. The molecule has 8 heteroatoms. The van der Waals surface area contributed by atoms with Crippen molar-refractivity contribution in [3.8, 4) is 17.2 Å². The van der Waals surface area contributed by atoms with Gasteiger partial charge in [0, 0.05) is 25.8 Å². The molecule has 1 aliphatic heterocycles. The summed E-state index contributed by atoms with van der Waals surface area (Å²) < 4.78 is 22.4. The van der Waals surface area contributed by atoms with E-state index in [4.69, 9.17) is 18.9 Å². The van der Waals surface area contributed by atoms with Gasteiger partial charge < -0.3 is 29.0 Å². The Hall–Kier alpha value is -3.52. The van der Waals surface area contributed by atoms with Crippen LogP contribution in [0.15, 0.2) is 48.0 Å². The summed E-state index contributed by atoms with van der Waals surface area (Å²) in [6.07, 6.45) is 2.27. The monoisotopic (exact) mass is 525 g/mol. The Morgan fingerprint density at radius 1 is 1.00 bits per heavy atom. The third kappa shape index (κ3) is 6.86. The van der Waals surface area contributed by atoms with Crippen LogP contribution >= 0.6 is 0 Å². The van der Waals surface area contributed by atoms with Gasteiger partial charge in [-0.15, -0.1) is 0 Å². The van der Waals surface area contributed by atoms with Crippen molar-refractivity contribution in [3.05, 3.63) is 59.2 Å². The molecule has 38 heavy (non-hydrogen) atoms. The SMILES string of the molecule is CCCOc1cccc(C(O)=C2C(=O)C(=O)N(CCCOC)C2c2ccc(OCCC(C)C)c(OC)c2)c1. The molecule has 0 bridgehead atoms. The fourth-order valence-corrected chi connectivity index (χ4v) is 4.32. The van der Waals surface area contributed by atoms with E-state index in [1.54, 1.807) is 56.7 Å². The first-order valence-corrected chi connectivity index (χ1v) is 13.1. The van der Waals surface area contributed by atoms with Crippen molar-refractivity contribution >= 4 is 17.4 Å². The molecule has 1 N–H and O–H groups in total. The molecule has 0 aromatic heterocycles. The second-order valence-corrected chi connectivity index (χ2v) is 9.66. The highest BCUT2D eigenvalue weighted by Gasteiger charge is 2.46. The van der Waals surface area contributed by atoms with Crippen LogP contribution in [0.2, 0.25) is 0 Å². The second kappa shape index (κ2) is 13.9. The normalized spacial score (nSPS) is 16.8. The van der Waals surface area contributed by atoms with Crippen LogP contribution in [0.5, 0.6) is 17.2 Å². The highest BCUT2D eigenvalue weighted by molar-refractivity contribution is 6.46. The van der Waals surface area contributed by atoms with Crippen molar-refractivity contribution in [2.45, 2.75) is 46.1 Å². The van der Waals surface area contributed by atoms with E-state index in [9.17, 15) is 14.7 Å². The molecule has 2 aromatic carbocycles. The van der Waals surface area contributed by atoms with Crippen LogP contribution in [0, 0.1) is 5.92 Å². The maximum atomic E-state index is 13.3. The molecule has 1 saturated heterocycles. The number of methoxy groups -OCH3 is 2. The van der Waals surface area contributed by atoms with Crippen molar-refractivity contribution in [1.82, 2.24) is 4.90 Å². The van der Waals surface area contributed by atoms with Gasteiger partial charge in [0.25, 0.3) is 11.7 Å². The molecule has 0 radical (unpaired) electrons. The molecular weight excluding hydrogens is 486 g/mol. The summed E-state index contributed by atoms with van der Waals surface area (Å²) in [5.41, 5.74) is 1.06. The predicted octanol–water partition coefficient (Wildman–Crippen LogP) is 5.37. The molecule has 0 aliphatic carbocycles. The minimum atomic E-state index is -0.800. The van der Waals surface area contributed by atoms with Gasteiger partial charge in [0.15, 0.2) is 11.5 Å². The van der Waals surface area contributed by atoms with Crippen LogP contribution in [0.25, 0.3) is 5.76 Å². The van der Waals surface area contributed by atoms with Crippen molar-refractivity contribution in [2.75, 3.05) is 40.6 Å². The lowest BCUT2D eigenvalue weighted by molar-refractivity contribution is -0.140. The molecule has 8 nitrogen and oxygen atoms in total. The van der Waals surface area contributed by atoms with Crippen molar-refractivity contribution in [2.24, 2.45) is 5.92 Å². The Morgan fingerprint density at radius 2 is 1.79 bits per heavy atom. The van der Waals surface area contributed by atoms with Crippen LogP contribution in [0.4, 0.5) is 0 Å². The number of likely N-dealkylation sites (tertiary alicyclic amines) is 1. The van der Waals surface area contributed by atoms with E-state index < -0.39 is 17.7 Å². The first-order valence-electron chi connectivity index (χ1n) is 13.1. The quantitative estimate of drug-likeness (QED) is 0.153. The maximum absolute atomic E-state index is 13.3. The predicted molar refractivity (Wildman–Crippen MR) is 146 cm³/mol. The number of carbonyl (C=O) groups is 2. The summed E-state index contributed by atoms with van der Waals surface area (Å²) in [4.78, 5) is 28.0. The average Bonchev–Trinajstić information content (AvgIpc) is 3.16. The zero-order valence-electron chi connectivity index (χ0n) is 23.0. The van der Waals surface area contributed by atoms with Gasteiger partial charge in [0.05, 0.1) is 31.9 Å². The number of rotatable bonds is 14. The average molecular weight is 526 g/mol. The van der Waals surface area contributed by atoms with E-state index in [1.807, 2.05) is 6.92 Å². The van der Waals surface area contributed by atoms with Gasteiger partial charge in [-0.05, 0) is 55.0 Å². The highest BCUT2D eigenvalue weighted by Crippen LogP contribution is 2.42. The molecule has 1 heterocycles. The molecule has 0 saturated carbocycles. The zero-order chi connectivity index (χ0) is 27.7. The molecule has 1 aliphatic rings. The first kappa shape index (κ1) is 29.0. The highest BCUT2D eigenvalue weighted by atomic mass is 16.5. The summed E-state index contributed by atoms with van der Waals surface area (Å²) in [6.45, 7) is 8.04. The standard InChI is InChI=1S/C30H39NO7/c1-6-15-37-23-10-7-9-22(18-23)28(32)26-27(31(14-8-16-35-4)30(34)29(26)33)21-11-12-24(25(19-21)36-5)38-17-13-20(2)3/h7,9-12,18-20,27,32H,6,8,13-17H2,1-5H3. The van der Waals surface area contributed by atoms with Gasteiger partial charge >= 0.3 is 0 Å². The molecule has 1 amide bonds. The number of hydrogen-bond donors (Lipinski definition) is 1. The van der Waals surface area contributed by atoms with E-state index in [0.717, 1.165) is 12.8 Å². The van der Waals surface area contributed by atoms with Crippen LogP contribution in [0.3, 0.4) is 0 Å². The molecule has 0 spiro atoms. The number of ketones is 1. The molecule has 206 valence electrons. The van der Waals surface area contributed by atoms with Gasteiger partial charge in [0.2, 0.25) is 0 Å². The number of Topliss-reactive ketones (excluding diaryl/α,β-unsaturated/α-hetero) is 1. The van der Waals surface area contributed by atoms with Crippen LogP contribution in [0.1, 0.15) is 57.2 Å². The molecule has 1 fully saturated rings. The molecule has 1 atom stereocenters. The second-order valence-electron chi connectivity index (χ2n) is 9.66. The minimum Gasteiger partial charge on any atom is -0.507 e. The van der Waals surface area contributed by atoms with Crippen LogP contribution in [-0.2, 0) is 14.3 Å². The Labute approximate surface area is 225 Å². The molecule has 1 unspecified atom stereocenters. The Bertz CT molecular complexity index is 1140. The number of amides is 1. The molecule has 3 rings (SSSR count). The van der Waals surface area contributed by atoms with E-state index in [1.165, 1.54) is 4.90 Å². The minimum absolute atomic E-state index is 0.0237. The maximum Gasteiger partial charge on any atom is 0.295 e. The van der Waals surface area contributed by atoms with Crippen molar-refractivity contribution in [3.63, 3.8) is 0 Å². The van der Waals surface area contributed by atoms with Gasteiger partial charge in [0.1, 0.15) is 11.5 Å². The lowest BCUT2D eigenvalue weighted by Gasteiger charge is -2.26. The van der Waals surface area contributed by atoms with Gasteiger partial charge in [-0.2, -0.15) is 0 Å². The summed E-state index contributed by atoms with van der Waals surface area (Å²) >= 11 is 0. The summed E-state index contributed by atoms with van der Waals surface area (Å²) in [5.74, 6) is 0.492. The number of aliphatic hydroxyl groups is 1. The van der Waals surface area contributed by atoms with E-state index >= 15 is 0 Å². The third-order valence-electron chi connectivity index (χ3n) is 6.32. The number of hydrogen-bond acceptors (Lipinski definition) is 7. The first-order chi connectivity index (χ1) is 18.3. The fourth-order valence-electron chi connectivity index (χ4n) is 4.32.